The second-order valence-electron chi connectivity index (χ2n) is 7.20. The molecule has 0 saturated heterocycles. The van der Waals surface area contributed by atoms with Crippen molar-refractivity contribution in [1.82, 2.24) is 5.43 Å². The molecular formula is C26H26BrN3O4. The fourth-order valence-corrected chi connectivity index (χ4v) is 3.72. The van der Waals surface area contributed by atoms with Gasteiger partial charge in [-0.25, -0.2) is 5.43 Å². The van der Waals surface area contributed by atoms with Crippen molar-refractivity contribution in [2.75, 3.05) is 11.9 Å². The normalized spacial score (nSPS) is 10.7. The Morgan fingerprint density at radius 3 is 2.44 bits per heavy atom. The zero-order valence-electron chi connectivity index (χ0n) is 19.0. The van der Waals surface area contributed by atoms with Crippen molar-refractivity contribution in [3.05, 3.63) is 87.9 Å². The van der Waals surface area contributed by atoms with Gasteiger partial charge in [0.25, 0.3) is 0 Å². The maximum Gasteiger partial charge on any atom is 0.329 e. The van der Waals surface area contributed by atoms with E-state index in [4.69, 9.17) is 9.47 Å². The molecule has 3 aromatic carbocycles. The highest BCUT2D eigenvalue weighted by atomic mass is 79.9. The van der Waals surface area contributed by atoms with Gasteiger partial charge >= 0.3 is 11.8 Å². The first-order chi connectivity index (χ1) is 16.5. The summed E-state index contributed by atoms with van der Waals surface area (Å²) in [6.07, 6.45) is 2.16. The van der Waals surface area contributed by atoms with E-state index in [-0.39, 0.29) is 0 Å². The molecule has 0 aliphatic carbocycles. The predicted octanol–water partition coefficient (Wildman–Crippen LogP) is 5.08. The maximum absolute atomic E-state index is 12.2. The van der Waals surface area contributed by atoms with Crippen LogP contribution in [0.25, 0.3) is 0 Å². The van der Waals surface area contributed by atoms with Crippen molar-refractivity contribution in [2.45, 2.75) is 26.9 Å². The van der Waals surface area contributed by atoms with Gasteiger partial charge in [-0.3, -0.25) is 9.59 Å². The third-order valence-corrected chi connectivity index (χ3v) is 5.38. The van der Waals surface area contributed by atoms with Crippen molar-refractivity contribution in [3.63, 3.8) is 0 Å². The van der Waals surface area contributed by atoms with E-state index in [1.165, 1.54) is 6.21 Å². The summed E-state index contributed by atoms with van der Waals surface area (Å²) in [5.41, 5.74) is 5.48. The van der Waals surface area contributed by atoms with Crippen LogP contribution in [0.3, 0.4) is 0 Å². The third kappa shape index (κ3) is 6.92. The van der Waals surface area contributed by atoms with Crippen molar-refractivity contribution in [2.24, 2.45) is 5.10 Å². The molecule has 2 amide bonds. The first kappa shape index (κ1) is 25.0. The number of hydrazone groups is 1. The fraction of sp³-hybridized carbons (Fsp3) is 0.192. The lowest BCUT2D eigenvalue weighted by Gasteiger charge is -2.14. The highest BCUT2D eigenvalue weighted by molar-refractivity contribution is 9.10. The minimum absolute atomic E-state index is 0.388. The first-order valence-corrected chi connectivity index (χ1v) is 11.7. The Bertz CT molecular complexity index is 1170. The lowest BCUT2D eigenvalue weighted by atomic mass is 10.1. The number of benzene rings is 3. The molecule has 0 unspecified atom stereocenters. The number of nitrogens with zero attached hydrogens (tertiary/aromatic N) is 1. The second kappa shape index (κ2) is 12.6. The highest BCUT2D eigenvalue weighted by Crippen LogP contribution is 2.37. The average Bonchev–Trinajstić information content (AvgIpc) is 2.84. The van der Waals surface area contributed by atoms with Crippen LogP contribution in [-0.4, -0.2) is 24.6 Å². The van der Waals surface area contributed by atoms with Gasteiger partial charge in [0.1, 0.15) is 6.61 Å². The van der Waals surface area contributed by atoms with Crippen LogP contribution in [-0.2, 0) is 22.6 Å². The molecule has 0 radical (unpaired) electrons. The zero-order chi connectivity index (χ0) is 24.3. The SMILES string of the molecule is CCOc1cc(/C=N/NC(=O)C(=O)Nc2ccccc2CC)cc(Br)c1OCc1ccccc1. The number of carbonyl (C=O) groups excluding carboxylic acids is 2. The van der Waals surface area contributed by atoms with Gasteiger partial charge in [-0.15, -0.1) is 0 Å². The van der Waals surface area contributed by atoms with E-state index in [2.05, 4.69) is 31.8 Å². The van der Waals surface area contributed by atoms with E-state index >= 15 is 0 Å². The number of nitrogens with one attached hydrogen (secondary N) is 2. The van der Waals surface area contributed by atoms with Crippen LogP contribution in [0.15, 0.2) is 76.3 Å². The molecule has 0 fully saturated rings. The van der Waals surface area contributed by atoms with Crippen molar-refractivity contribution >= 4 is 39.6 Å². The Labute approximate surface area is 207 Å². The summed E-state index contributed by atoms with van der Waals surface area (Å²) >= 11 is 3.52. The van der Waals surface area contributed by atoms with Crippen LogP contribution in [0.4, 0.5) is 5.69 Å². The molecule has 8 heteroatoms. The van der Waals surface area contributed by atoms with Gasteiger partial charge in [0.2, 0.25) is 0 Å². The molecule has 7 nitrogen and oxygen atoms in total. The molecule has 3 aromatic rings. The lowest BCUT2D eigenvalue weighted by molar-refractivity contribution is -0.136. The quantitative estimate of drug-likeness (QED) is 0.232. The molecule has 0 atom stereocenters. The minimum Gasteiger partial charge on any atom is -0.490 e. The molecule has 0 saturated carbocycles. The van der Waals surface area contributed by atoms with Crippen molar-refractivity contribution in [1.29, 1.82) is 0 Å². The van der Waals surface area contributed by atoms with Crippen LogP contribution in [0.5, 0.6) is 11.5 Å². The Balaban J connectivity index is 1.65. The summed E-state index contributed by atoms with van der Waals surface area (Å²) in [6, 6.07) is 20.7. The number of ether oxygens (including phenoxy) is 2. The number of carbonyl (C=O) groups is 2. The van der Waals surface area contributed by atoms with Crippen molar-refractivity contribution in [3.8, 4) is 11.5 Å². The second-order valence-corrected chi connectivity index (χ2v) is 8.06. The van der Waals surface area contributed by atoms with Crippen LogP contribution in [0.1, 0.15) is 30.5 Å². The molecule has 0 spiro atoms. The summed E-state index contributed by atoms with van der Waals surface area (Å²) in [5, 5.41) is 6.52. The number of rotatable bonds is 9. The molecular weight excluding hydrogens is 498 g/mol. The Hall–Kier alpha value is -3.65. The highest BCUT2D eigenvalue weighted by Gasteiger charge is 2.15. The third-order valence-electron chi connectivity index (χ3n) is 4.79. The Morgan fingerprint density at radius 2 is 1.71 bits per heavy atom. The first-order valence-electron chi connectivity index (χ1n) is 10.9. The molecule has 0 aliphatic heterocycles. The number of halogens is 1. The van der Waals surface area contributed by atoms with E-state index in [0.29, 0.717) is 40.4 Å². The Kier molecular flexibility index (Phi) is 9.22. The topological polar surface area (TPSA) is 89.0 Å². The average molecular weight is 524 g/mol. The number of hydrogen-bond acceptors (Lipinski definition) is 5. The number of aryl methyl sites for hydroxylation is 1. The van der Waals surface area contributed by atoms with Crippen LogP contribution < -0.4 is 20.2 Å². The lowest BCUT2D eigenvalue weighted by Crippen LogP contribution is -2.32. The molecule has 2 N–H and O–H groups in total. The molecule has 176 valence electrons. The monoisotopic (exact) mass is 523 g/mol. The van der Waals surface area contributed by atoms with E-state index in [0.717, 1.165) is 17.5 Å². The van der Waals surface area contributed by atoms with Crippen LogP contribution in [0.2, 0.25) is 0 Å². The van der Waals surface area contributed by atoms with E-state index < -0.39 is 11.8 Å². The van der Waals surface area contributed by atoms with Crippen molar-refractivity contribution < 1.29 is 19.1 Å². The number of para-hydroxylation sites is 1. The number of amides is 2. The number of hydrogen-bond donors (Lipinski definition) is 2. The van der Waals surface area contributed by atoms with Gasteiger partial charge in [0, 0.05) is 5.69 Å². The predicted molar refractivity (Wildman–Crippen MR) is 136 cm³/mol. The van der Waals surface area contributed by atoms with Crippen LogP contribution in [0, 0.1) is 0 Å². The van der Waals surface area contributed by atoms with E-state index in [1.807, 2.05) is 56.3 Å². The summed E-state index contributed by atoms with van der Waals surface area (Å²) in [6.45, 7) is 4.69. The van der Waals surface area contributed by atoms with E-state index in [1.54, 1.807) is 24.3 Å². The summed E-state index contributed by atoms with van der Waals surface area (Å²) in [7, 11) is 0. The summed E-state index contributed by atoms with van der Waals surface area (Å²) < 4.78 is 12.4. The smallest absolute Gasteiger partial charge is 0.329 e. The zero-order valence-corrected chi connectivity index (χ0v) is 20.6. The van der Waals surface area contributed by atoms with Gasteiger partial charge in [0.05, 0.1) is 17.3 Å². The van der Waals surface area contributed by atoms with Crippen LogP contribution >= 0.6 is 15.9 Å². The summed E-state index contributed by atoms with van der Waals surface area (Å²) in [5.74, 6) is -0.552. The molecule has 0 heterocycles. The number of anilines is 1. The molecule has 0 aromatic heterocycles. The van der Waals surface area contributed by atoms with Gasteiger partial charge in [-0.2, -0.15) is 5.10 Å². The van der Waals surface area contributed by atoms with Gasteiger partial charge in [-0.05, 0) is 64.2 Å². The molecule has 0 bridgehead atoms. The Morgan fingerprint density at radius 1 is 0.971 bits per heavy atom. The standard InChI is InChI=1S/C26H26BrN3O4/c1-3-20-12-8-9-13-22(20)29-25(31)26(32)30-28-16-19-14-21(27)24(23(15-19)33-4-2)34-17-18-10-6-5-7-11-18/h5-16H,3-4,17H2,1-2H3,(H,29,31)(H,30,32)/b28-16+. The molecule has 3 rings (SSSR count). The van der Waals surface area contributed by atoms with Gasteiger partial charge in [-0.1, -0.05) is 55.5 Å². The maximum atomic E-state index is 12.2. The fourth-order valence-electron chi connectivity index (χ4n) is 3.14. The summed E-state index contributed by atoms with van der Waals surface area (Å²) in [4.78, 5) is 24.4. The van der Waals surface area contributed by atoms with Gasteiger partial charge in [0.15, 0.2) is 11.5 Å². The molecule has 34 heavy (non-hydrogen) atoms. The minimum atomic E-state index is -0.867. The van der Waals surface area contributed by atoms with Gasteiger partial charge < -0.3 is 14.8 Å². The van der Waals surface area contributed by atoms with E-state index in [9.17, 15) is 9.59 Å². The largest absolute Gasteiger partial charge is 0.490 e. The molecule has 0 aliphatic rings.